The number of alkyl halides is 3. The van der Waals surface area contributed by atoms with Gasteiger partial charge >= 0.3 is 12.3 Å². The van der Waals surface area contributed by atoms with Gasteiger partial charge in [0, 0.05) is 5.69 Å². The summed E-state index contributed by atoms with van der Waals surface area (Å²) < 4.78 is 79.4. The summed E-state index contributed by atoms with van der Waals surface area (Å²) in [5.74, 6) is -3.25. The molecule has 0 fully saturated rings. The van der Waals surface area contributed by atoms with E-state index in [4.69, 9.17) is 5.11 Å². The first kappa shape index (κ1) is 18.5. The number of carbonyl (C=O) groups is 1. The number of anilines is 1. The van der Waals surface area contributed by atoms with Crippen LogP contribution in [0.25, 0.3) is 0 Å². The minimum atomic E-state index is -4.92. The van der Waals surface area contributed by atoms with Gasteiger partial charge in [-0.1, -0.05) is 0 Å². The summed E-state index contributed by atoms with van der Waals surface area (Å²) in [4.78, 5) is 10.4. The molecule has 25 heavy (non-hydrogen) atoms. The van der Waals surface area contributed by atoms with Crippen molar-refractivity contribution < 1.29 is 40.6 Å². The molecule has 0 aliphatic heterocycles. The number of aromatic carboxylic acids is 1. The van der Waals surface area contributed by atoms with Gasteiger partial charge in [-0.2, -0.15) is 0 Å². The van der Waals surface area contributed by atoms with Crippen molar-refractivity contribution in [3.8, 4) is 5.75 Å². The lowest BCUT2D eigenvalue weighted by atomic mass is 10.2. The molecule has 6 nitrogen and oxygen atoms in total. The number of nitrogens with one attached hydrogen (secondary N) is 1. The number of benzene rings is 2. The quantitative estimate of drug-likeness (QED) is 0.779. The second-order valence-electron chi connectivity index (χ2n) is 4.62. The fourth-order valence-corrected chi connectivity index (χ4v) is 2.84. The van der Waals surface area contributed by atoms with Crippen molar-refractivity contribution >= 4 is 21.7 Å². The van der Waals surface area contributed by atoms with Crippen LogP contribution in [0.1, 0.15) is 10.4 Å². The van der Waals surface area contributed by atoms with Gasteiger partial charge in [0.2, 0.25) is 0 Å². The lowest BCUT2D eigenvalue weighted by molar-refractivity contribution is -0.274. The lowest BCUT2D eigenvalue weighted by Crippen LogP contribution is -2.17. The van der Waals surface area contributed by atoms with Crippen molar-refractivity contribution in [3.63, 3.8) is 0 Å². The van der Waals surface area contributed by atoms with Gasteiger partial charge in [-0.25, -0.2) is 17.6 Å². The lowest BCUT2D eigenvalue weighted by Gasteiger charge is -2.11. The predicted molar refractivity (Wildman–Crippen MR) is 77.3 cm³/mol. The first-order valence-electron chi connectivity index (χ1n) is 6.39. The minimum Gasteiger partial charge on any atom is -0.478 e. The van der Waals surface area contributed by atoms with E-state index in [1.165, 1.54) is 0 Å². The Morgan fingerprint density at radius 2 is 1.68 bits per heavy atom. The van der Waals surface area contributed by atoms with Crippen LogP contribution in [-0.2, 0) is 10.0 Å². The third kappa shape index (κ3) is 4.83. The molecule has 0 aliphatic rings. The van der Waals surface area contributed by atoms with Gasteiger partial charge < -0.3 is 9.84 Å². The fraction of sp³-hybridized carbons (Fsp3) is 0.0714. The fourth-order valence-electron chi connectivity index (χ4n) is 1.79. The van der Waals surface area contributed by atoms with E-state index in [1.807, 2.05) is 4.72 Å². The maximum absolute atomic E-state index is 13.3. The van der Waals surface area contributed by atoms with Crippen molar-refractivity contribution in [1.82, 2.24) is 0 Å². The van der Waals surface area contributed by atoms with Gasteiger partial charge in [0.15, 0.2) is 0 Å². The van der Waals surface area contributed by atoms with E-state index < -0.39 is 44.4 Å². The van der Waals surface area contributed by atoms with Crippen LogP contribution in [0, 0.1) is 5.82 Å². The highest BCUT2D eigenvalue weighted by atomic mass is 32.2. The van der Waals surface area contributed by atoms with Crippen LogP contribution in [-0.4, -0.2) is 25.9 Å². The van der Waals surface area contributed by atoms with Gasteiger partial charge in [0.05, 0.1) is 10.5 Å². The predicted octanol–water partition coefficient (Wildman–Crippen LogP) is 3.22. The summed E-state index contributed by atoms with van der Waals surface area (Å²) in [6, 6.07) is 5.87. The molecule has 0 saturated heterocycles. The van der Waals surface area contributed by atoms with E-state index >= 15 is 0 Å². The van der Waals surface area contributed by atoms with Crippen LogP contribution < -0.4 is 9.46 Å². The van der Waals surface area contributed by atoms with Crippen LogP contribution in [0.4, 0.5) is 23.2 Å². The zero-order valence-corrected chi connectivity index (χ0v) is 12.9. The monoisotopic (exact) mass is 379 g/mol. The van der Waals surface area contributed by atoms with Gasteiger partial charge in [-0.15, -0.1) is 13.2 Å². The summed E-state index contributed by atoms with van der Waals surface area (Å²) in [6.45, 7) is 0. The molecule has 0 saturated carbocycles. The number of ether oxygens (including phenoxy) is 1. The Hall–Kier alpha value is -2.82. The highest BCUT2D eigenvalue weighted by molar-refractivity contribution is 7.92. The Labute approximate surface area is 138 Å². The molecule has 0 atom stereocenters. The summed E-state index contributed by atoms with van der Waals surface area (Å²) >= 11 is 0. The average Bonchev–Trinajstić information content (AvgIpc) is 2.47. The number of hydrogen-bond acceptors (Lipinski definition) is 4. The summed E-state index contributed by atoms with van der Waals surface area (Å²) in [6.07, 6.45) is -4.92. The molecular formula is C14H9F4NO5S. The van der Waals surface area contributed by atoms with E-state index in [0.717, 1.165) is 42.5 Å². The minimum absolute atomic E-state index is 0.227. The zero-order chi connectivity index (χ0) is 18.8. The number of carboxylic acids is 1. The Morgan fingerprint density at radius 1 is 1.08 bits per heavy atom. The van der Waals surface area contributed by atoms with Crippen molar-refractivity contribution in [1.29, 1.82) is 0 Å². The maximum Gasteiger partial charge on any atom is 0.573 e. The molecule has 134 valence electrons. The van der Waals surface area contributed by atoms with E-state index in [-0.39, 0.29) is 5.69 Å². The van der Waals surface area contributed by atoms with Gasteiger partial charge in [-0.3, -0.25) is 4.72 Å². The van der Waals surface area contributed by atoms with E-state index in [9.17, 15) is 30.8 Å². The normalized spacial score (nSPS) is 11.8. The summed E-state index contributed by atoms with van der Waals surface area (Å²) in [5, 5.41) is 8.81. The molecule has 0 aromatic heterocycles. The van der Waals surface area contributed by atoms with Gasteiger partial charge in [0.1, 0.15) is 11.6 Å². The van der Waals surface area contributed by atoms with Crippen LogP contribution in [0.2, 0.25) is 0 Å². The number of sulfonamides is 1. The van der Waals surface area contributed by atoms with E-state index in [0.29, 0.717) is 0 Å². The molecule has 0 radical (unpaired) electrons. The molecule has 2 aromatic carbocycles. The third-order valence-electron chi connectivity index (χ3n) is 2.82. The van der Waals surface area contributed by atoms with Crippen LogP contribution in [0.15, 0.2) is 47.4 Å². The first-order chi connectivity index (χ1) is 11.5. The molecular weight excluding hydrogens is 370 g/mol. The van der Waals surface area contributed by atoms with Crippen molar-refractivity contribution in [2.75, 3.05) is 4.72 Å². The van der Waals surface area contributed by atoms with Crippen molar-refractivity contribution in [2.24, 2.45) is 0 Å². The van der Waals surface area contributed by atoms with Crippen LogP contribution >= 0.6 is 0 Å². The molecule has 2 N–H and O–H groups in total. The Morgan fingerprint density at radius 3 is 2.20 bits per heavy atom. The van der Waals surface area contributed by atoms with Crippen molar-refractivity contribution in [3.05, 3.63) is 53.8 Å². The Kier molecular flexibility index (Phi) is 4.88. The van der Waals surface area contributed by atoms with Gasteiger partial charge in [-0.05, 0) is 42.5 Å². The smallest absolute Gasteiger partial charge is 0.478 e. The highest BCUT2D eigenvalue weighted by Gasteiger charge is 2.31. The largest absolute Gasteiger partial charge is 0.573 e. The topological polar surface area (TPSA) is 92.7 Å². The molecule has 0 heterocycles. The second kappa shape index (κ2) is 6.59. The Balaban J connectivity index is 2.25. The molecule has 0 spiro atoms. The second-order valence-corrected chi connectivity index (χ2v) is 6.31. The number of halogens is 4. The number of hydrogen-bond donors (Lipinski definition) is 2. The molecule has 0 amide bonds. The van der Waals surface area contributed by atoms with Crippen LogP contribution in [0.5, 0.6) is 5.75 Å². The Bertz CT molecular complexity index is 894. The molecule has 2 rings (SSSR count). The van der Waals surface area contributed by atoms with Crippen LogP contribution in [0.3, 0.4) is 0 Å². The number of carboxylic acid groups (broad SMARTS) is 1. The SMILES string of the molecule is O=C(O)c1cc(NS(=O)(=O)c2ccc(OC(F)(F)F)cc2)ccc1F. The van der Waals surface area contributed by atoms with Crippen molar-refractivity contribution in [2.45, 2.75) is 11.3 Å². The molecule has 2 aromatic rings. The summed E-state index contributed by atoms with van der Waals surface area (Å²) in [7, 11) is -4.23. The zero-order valence-electron chi connectivity index (χ0n) is 12.0. The molecule has 11 heteroatoms. The average molecular weight is 379 g/mol. The van der Waals surface area contributed by atoms with E-state index in [2.05, 4.69) is 4.74 Å². The maximum atomic E-state index is 13.3. The molecule has 0 bridgehead atoms. The number of rotatable bonds is 5. The highest BCUT2D eigenvalue weighted by Crippen LogP contribution is 2.25. The molecule has 0 aliphatic carbocycles. The third-order valence-corrected chi connectivity index (χ3v) is 4.21. The van der Waals surface area contributed by atoms with Gasteiger partial charge in [0.25, 0.3) is 10.0 Å². The first-order valence-corrected chi connectivity index (χ1v) is 7.88. The van der Waals surface area contributed by atoms with E-state index in [1.54, 1.807) is 0 Å². The molecule has 0 unspecified atom stereocenters. The summed E-state index contributed by atoms with van der Waals surface area (Å²) in [5.41, 5.74) is -0.969. The standard InChI is InChI=1S/C14H9F4NO5S/c15-12-6-1-8(7-11(12)13(20)21)19-25(22,23)10-4-2-9(3-5-10)24-14(16,17)18/h1-7,19H,(H,20,21).